The molecule has 2 N–H and O–H groups in total. The van der Waals surface area contributed by atoms with Crippen LogP contribution in [-0.2, 0) is 6.42 Å². The van der Waals surface area contributed by atoms with Crippen molar-refractivity contribution in [3.8, 4) is 5.75 Å². The van der Waals surface area contributed by atoms with Gasteiger partial charge in [-0.25, -0.2) is 4.39 Å². The third kappa shape index (κ3) is 4.10. The zero-order valence-electron chi connectivity index (χ0n) is 8.83. The second kappa shape index (κ2) is 6.69. The summed E-state index contributed by atoms with van der Waals surface area (Å²) in [5, 5.41) is 0. The number of nitrogens with two attached hydrogens (primary N) is 1. The van der Waals surface area contributed by atoms with E-state index >= 15 is 0 Å². The van der Waals surface area contributed by atoms with Gasteiger partial charge in [-0.2, -0.15) is 11.8 Å². The Bertz CT molecular complexity index is 307. The average molecular weight is 229 g/mol. The number of methoxy groups -OCH3 is 1. The van der Waals surface area contributed by atoms with Crippen molar-refractivity contribution in [1.82, 2.24) is 0 Å². The highest BCUT2D eigenvalue weighted by molar-refractivity contribution is 7.99. The Morgan fingerprint density at radius 1 is 1.40 bits per heavy atom. The Labute approximate surface area is 94.0 Å². The second-order valence-corrected chi connectivity index (χ2v) is 4.33. The monoisotopic (exact) mass is 229 g/mol. The maximum atomic E-state index is 13.0. The van der Waals surface area contributed by atoms with E-state index in [-0.39, 0.29) is 5.82 Å². The fourth-order valence-corrected chi connectivity index (χ4v) is 2.05. The number of halogens is 1. The van der Waals surface area contributed by atoms with Gasteiger partial charge in [0.05, 0.1) is 7.11 Å². The molecular weight excluding hydrogens is 213 g/mol. The van der Waals surface area contributed by atoms with Crippen LogP contribution in [0.1, 0.15) is 5.56 Å². The van der Waals surface area contributed by atoms with Crippen molar-refractivity contribution >= 4 is 11.8 Å². The van der Waals surface area contributed by atoms with Crippen LogP contribution in [0.2, 0.25) is 0 Å². The molecule has 0 aliphatic carbocycles. The van der Waals surface area contributed by atoms with Gasteiger partial charge in [-0.1, -0.05) is 0 Å². The molecular formula is C11H16FNOS. The number of benzene rings is 1. The number of hydrogen-bond donors (Lipinski definition) is 1. The van der Waals surface area contributed by atoms with E-state index in [4.69, 9.17) is 10.5 Å². The molecule has 1 aromatic carbocycles. The summed E-state index contributed by atoms with van der Waals surface area (Å²) < 4.78 is 18.1. The first-order valence-electron chi connectivity index (χ1n) is 4.88. The summed E-state index contributed by atoms with van der Waals surface area (Å²) in [5.41, 5.74) is 6.30. The van der Waals surface area contributed by atoms with Crippen molar-refractivity contribution < 1.29 is 9.13 Å². The highest BCUT2D eigenvalue weighted by atomic mass is 32.2. The quantitative estimate of drug-likeness (QED) is 0.758. The lowest BCUT2D eigenvalue weighted by Gasteiger charge is -2.07. The molecule has 0 spiro atoms. The second-order valence-electron chi connectivity index (χ2n) is 3.11. The van der Waals surface area contributed by atoms with Crippen LogP contribution in [0.5, 0.6) is 5.75 Å². The molecule has 0 aromatic heterocycles. The summed E-state index contributed by atoms with van der Waals surface area (Å²) in [4.78, 5) is 0. The van der Waals surface area contributed by atoms with E-state index < -0.39 is 0 Å². The third-order valence-electron chi connectivity index (χ3n) is 2.02. The van der Waals surface area contributed by atoms with Crippen LogP contribution in [0.15, 0.2) is 18.2 Å². The molecule has 0 amide bonds. The molecule has 0 radical (unpaired) electrons. The molecule has 0 saturated heterocycles. The summed E-state index contributed by atoms with van der Waals surface area (Å²) >= 11 is 1.77. The molecule has 0 heterocycles. The van der Waals surface area contributed by atoms with Crippen molar-refractivity contribution in [1.29, 1.82) is 0 Å². The maximum Gasteiger partial charge on any atom is 0.123 e. The van der Waals surface area contributed by atoms with E-state index in [1.54, 1.807) is 24.9 Å². The Morgan fingerprint density at radius 2 is 2.20 bits per heavy atom. The zero-order valence-corrected chi connectivity index (χ0v) is 9.65. The van der Waals surface area contributed by atoms with Gasteiger partial charge in [-0.05, 0) is 35.9 Å². The molecule has 0 bridgehead atoms. The SMILES string of the molecule is COc1ccc(F)cc1CCSCCN. The predicted octanol–water partition coefficient (Wildman–Crippen LogP) is 2.07. The Morgan fingerprint density at radius 3 is 2.87 bits per heavy atom. The number of aryl methyl sites for hydroxylation is 1. The average Bonchev–Trinajstić information content (AvgIpc) is 2.25. The standard InChI is InChI=1S/C11H16FNOS/c1-14-11-3-2-10(12)8-9(11)4-6-15-7-5-13/h2-3,8H,4-7,13H2,1H3. The molecule has 1 aromatic rings. The van der Waals surface area contributed by atoms with Crippen LogP contribution in [0.3, 0.4) is 0 Å². The predicted molar refractivity (Wildman–Crippen MR) is 63.0 cm³/mol. The molecule has 2 nitrogen and oxygen atoms in total. The first-order chi connectivity index (χ1) is 7.27. The lowest BCUT2D eigenvalue weighted by molar-refractivity contribution is 0.409. The first-order valence-corrected chi connectivity index (χ1v) is 6.03. The van der Waals surface area contributed by atoms with E-state index in [0.29, 0.717) is 6.54 Å². The smallest absolute Gasteiger partial charge is 0.123 e. The van der Waals surface area contributed by atoms with E-state index in [0.717, 1.165) is 29.2 Å². The molecule has 0 saturated carbocycles. The van der Waals surface area contributed by atoms with Gasteiger partial charge in [0, 0.05) is 12.3 Å². The lowest BCUT2D eigenvalue weighted by Crippen LogP contribution is -2.03. The van der Waals surface area contributed by atoms with Crippen LogP contribution >= 0.6 is 11.8 Å². The normalized spacial score (nSPS) is 10.3. The number of ether oxygens (including phenoxy) is 1. The largest absolute Gasteiger partial charge is 0.496 e. The van der Waals surface area contributed by atoms with Crippen molar-refractivity contribution in [2.75, 3.05) is 25.2 Å². The van der Waals surface area contributed by atoms with Crippen LogP contribution < -0.4 is 10.5 Å². The van der Waals surface area contributed by atoms with Gasteiger partial charge >= 0.3 is 0 Å². The van der Waals surface area contributed by atoms with Gasteiger partial charge in [-0.3, -0.25) is 0 Å². The van der Waals surface area contributed by atoms with Crippen LogP contribution in [-0.4, -0.2) is 25.2 Å². The number of hydrogen-bond acceptors (Lipinski definition) is 3. The highest BCUT2D eigenvalue weighted by Crippen LogP contribution is 2.20. The highest BCUT2D eigenvalue weighted by Gasteiger charge is 2.04. The van der Waals surface area contributed by atoms with Gasteiger partial charge < -0.3 is 10.5 Å². The summed E-state index contributed by atoms with van der Waals surface area (Å²) in [5.74, 6) is 2.42. The molecule has 0 unspecified atom stereocenters. The fraction of sp³-hybridized carbons (Fsp3) is 0.455. The summed E-state index contributed by atoms with van der Waals surface area (Å²) in [6.45, 7) is 0.685. The van der Waals surface area contributed by atoms with E-state index in [9.17, 15) is 4.39 Å². The van der Waals surface area contributed by atoms with Gasteiger partial charge in [0.15, 0.2) is 0 Å². The summed E-state index contributed by atoms with van der Waals surface area (Å²) in [6.07, 6.45) is 0.811. The van der Waals surface area contributed by atoms with E-state index in [1.165, 1.54) is 12.1 Å². The Balaban J connectivity index is 2.54. The van der Waals surface area contributed by atoms with Crippen molar-refractivity contribution in [2.45, 2.75) is 6.42 Å². The van der Waals surface area contributed by atoms with Crippen molar-refractivity contribution in [2.24, 2.45) is 5.73 Å². The number of thioether (sulfide) groups is 1. The minimum absolute atomic E-state index is 0.213. The summed E-state index contributed by atoms with van der Waals surface area (Å²) in [6, 6.07) is 4.61. The van der Waals surface area contributed by atoms with Gasteiger partial charge in [0.1, 0.15) is 11.6 Å². The molecule has 0 atom stereocenters. The van der Waals surface area contributed by atoms with E-state index in [1.807, 2.05) is 0 Å². The molecule has 84 valence electrons. The fourth-order valence-electron chi connectivity index (χ4n) is 1.31. The van der Waals surface area contributed by atoms with Crippen LogP contribution in [0.4, 0.5) is 4.39 Å². The topological polar surface area (TPSA) is 35.2 Å². The Hall–Kier alpha value is -0.740. The van der Waals surface area contributed by atoms with Crippen LogP contribution in [0, 0.1) is 5.82 Å². The molecule has 1 rings (SSSR count). The van der Waals surface area contributed by atoms with Crippen molar-refractivity contribution in [3.05, 3.63) is 29.6 Å². The van der Waals surface area contributed by atoms with Gasteiger partial charge in [-0.15, -0.1) is 0 Å². The zero-order chi connectivity index (χ0) is 11.1. The van der Waals surface area contributed by atoms with Crippen molar-refractivity contribution in [3.63, 3.8) is 0 Å². The Kier molecular flexibility index (Phi) is 5.50. The molecule has 0 aliphatic heterocycles. The maximum absolute atomic E-state index is 13.0. The molecule has 0 fully saturated rings. The molecule has 4 heteroatoms. The first kappa shape index (κ1) is 12.3. The van der Waals surface area contributed by atoms with Gasteiger partial charge in [0.25, 0.3) is 0 Å². The lowest BCUT2D eigenvalue weighted by atomic mass is 10.1. The number of rotatable bonds is 6. The minimum atomic E-state index is -0.213. The summed E-state index contributed by atoms with van der Waals surface area (Å²) in [7, 11) is 1.60. The minimum Gasteiger partial charge on any atom is -0.496 e. The van der Waals surface area contributed by atoms with E-state index in [2.05, 4.69) is 0 Å². The molecule has 15 heavy (non-hydrogen) atoms. The van der Waals surface area contributed by atoms with Crippen LogP contribution in [0.25, 0.3) is 0 Å². The third-order valence-corrected chi connectivity index (χ3v) is 3.04. The molecule has 0 aliphatic rings. The van der Waals surface area contributed by atoms with Gasteiger partial charge in [0.2, 0.25) is 0 Å².